The zero-order valence-corrected chi connectivity index (χ0v) is 14.5. The van der Waals surface area contributed by atoms with E-state index in [1.54, 1.807) is 0 Å². The number of amides is 2. The van der Waals surface area contributed by atoms with Crippen molar-refractivity contribution in [1.82, 2.24) is 10.6 Å². The molecule has 0 spiro atoms. The largest absolute Gasteiger partial charge is 0.338 e. The number of hydrogen-bond donors (Lipinski definition) is 2. The summed E-state index contributed by atoms with van der Waals surface area (Å²) in [4.78, 5) is 11.9. The van der Waals surface area contributed by atoms with E-state index in [4.69, 9.17) is 0 Å². The third-order valence-electron chi connectivity index (χ3n) is 3.52. The van der Waals surface area contributed by atoms with Crippen molar-refractivity contribution in [2.45, 2.75) is 33.2 Å². The quantitative estimate of drug-likeness (QED) is 0.808. The van der Waals surface area contributed by atoms with Gasteiger partial charge in [-0.25, -0.2) is 13.2 Å². The first kappa shape index (κ1) is 18.5. The third-order valence-corrected chi connectivity index (χ3v) is 4.47. The van der Waals surface area contributed by atoms with E-state index in [2.05, 4.69) is 10.6 Å². The first-order valence-corrected chi connectivity index (χ1v) is 9.42. The Hall–Kier alpha value is -1.56. The minimum Gasteiger partial charge on any atom is -0.338 e. The highest BCUT2D eigenvalue weighted by Gasteiger charge is 2.21. The number of benzene rings is 1. The van der Waals surface area contributed by atoms with Crippen molar-refractivity contribution in [2.75, 3.05) is 18.6 Å². The van der Waals surface area contributed by atoms with Crippen molar-refractivity contribution in [3.8, 4) is 0 Å². The number of rotatable bonds is 7. The second-order valence-electron chi connectivity index (χ2n) is 6.50. The maximum atomic E-state index is 11.9. The molecule has 124 valence electrons. The van der Waals surface area contributed by atoms with Crippen LogP contribution >= 0.6 is 0 Å². The zero-order valence-electron chi connectivity index (χ0n) is 13.7. The Bertz CT molecular complexity index is 583. The SMILES string of the molecule is C[C@@H](NC(=O)NCC(C)(C)CCS(C)(=O)=O)c1ccccc1. The second kappa shape index (κ2) is 7.63. The molecule has 0 heterocycles. The van der Waals surface area contributed by atoms with Crippen LogP contribution in [0.5, 0.6) is 0 Å². The van der Waals surface area contributed by atoms with Gasteiger partial charge in [0.15, 0.2) is 0 Å². The zero-order chi connectivity index (χ0) is 16.8. The van der Waals surface area contributed by atoms with E-state index < -0.39 is 9.84 Å². The molecular formula is C16H26N2O3S. The van der Waals surface area contributed by atoms with Crippen LogP contribution in [0.4, 0.5) is 4.79 Å². The van der Waals surface area contributed by atoms with Crippen LogP contribution in [0.2, 0.25) is 0 Å². The molecule has 0 aromatic heterocycles. The number of urea groups is 1. The first-order chi connectivity index (χ1) is 10.1. The molecule has 2 N–H and O–H groups in total. The van der Waals surface area contributed by atoms with Crippen molar-refractivity contribution in [3.63, 3.8) is 0 Å². The lowest BCUT2D eigenvalue weighted by Gasteiger charge is -2.25. The van der Waals surface area contributed by atoms with Crippen LogP contribution in [-0.2, 0) is 9.84 Å². The molecule has 0 aliphatic rings. The van der Waals surface area contributed by atoms with E-state index in [-0.39, 0.29) is 23.2 Å². The summed E-state index contributed by atoms with van der Waals surface area (Å²) in [6.07, 6.45) is 1.74. The van der Waals surface area contributed by atoms with E-state index in [1.165, 1.54) is 6.26 Å². The number of carbonyl (C=O) groups excluding carboxylic acids is 1. The monoisotopic (exact) mass is 326 g/mol. The molecule has 1 aromatic carbocycles. The summed E-state index contributed by atoms with van der Waals surface area (Å²) in [6, 6.07) is 9.38. The number of nitrogens with one attached hydrogen (secondary N) is 2. The Morgan fingerprint density at radius 1 is 1.23 bits per heavy atom. The fraction of sp³-hybridized carbons (Fsp3) is 0.562. The number of carbonyl (C=O) groups is 1. The van der Waals surface area contributed by atoms with Gasteiger partial charge < -0.3 is 10.6 Å². The van der Waals surface area contributed by atoms with Gasteiger partial charge in [-0.2, -0.15) is 0 Å². The summed E-state index contributed by atoms with van der Waals surface area (Å²) < 4.78 is 22.4. The van der Waals surface area contributed by atoms with Crippen molar-refractivity contribution in [1.29, 1.82) is 0 Å². The van der Waals surface area contributed by atoms with Crippen molar-refractivity contribution < 1.29 is 13.2 Å². The maximum Gasteiger partial charge on any atom is 0.315 e. The molecule has 0 bridgehead atoms. The summed E-state index contributed by atoms with van der Waals surface area (Å²) in [5, 5.41) is 5.69. The lowest BCUT2D eigenvalue weighted by atomic mass is 9.90. The molecule has 0 aliphatic carbocycles. The van der Waals surface area contributed by atoms with Gasteiger partial charge in [0.2, 0.25) is 0 Å². The van der Waals surface area contributed by atoms with E-state index in [0.717, 1.165) is 5.56 Å². The van der Waals surface area contributed by atoms with E-state index in [1.807, 2.05) is 51.1 Å². The highest BCUT2D eigenvalue weighted by Crippen LogP contribution is 2.20. The summed E-state index contributed by atoms with van der Waals surface area (Å²) in [5.41, 5.74) is 0.769. The van der Waals surface area contributed by atoms with Crippen molar-refractivity contribution in [3.05, 3.63) is 35.9 Å². The highest BCUT2D eigenvalue weighted by atomic mass is 32.2. The molecule has 0 saturated heterocycles. The Labute approximate surface area is 133 Å². The third kappa shape index (κ3) is 7.45. The molecule has 6 heteroatoms. The molecule has 0 radical (unpaired) electrons. The Morgan fingerprint density at radius 3 is 2.36 bits per heavy atom. The first-order valence-electron chi connectivity index (χ1n) is 7.36. The topological polar surface area (TPSA) is 75.3 Å². The molecule has 1 aromatic rings. The number of sulfone groups is 1. The smallest absolute Gasteiger partial charge is 0.315 e. The average Bonchev–Trinajstić information content (AvgIpc) is 2.44. The van der Waals surface area contributed by atoms with Crippen molar-refractivity contribution >= 4 is 15.9 Å². The lowest BCUT2D eigenvalue weighted by Crippen LogP contribution is -2.42. The average molecular weight is 326 g/mol. The van der Waals surface area contributed by atoms with Gasteiger partial charge in [-0.1, -0.05) is 44.2 Å². The van der Waals surface area contributed by atoms with Gasteiger partial charge in [-0.3, -0.25) is 0 Å². The predicted molar refractivity (Wildman–Crippen MR) is 89.5 cm³/mol. The summed E-state index contributed by atoms with van der Waals surface area (Å²) >= 11 is 0. The molecule has 1 rings (SSSR count). The molecule has 0 fully saturated rings. The molecule has 1 atom stereocenters. The Morgan fingerprint density at radius 2 is 1.82 bits per heavy atom. The van der Waals surface area contributed by atoms with Crippen LogP contribution in [0, 0.1) is 5.41 Å². The van der Waals surface area contributed by atoms with Crippen LogP contribution < -0.4 is 10.6 Å². The van der Waals surface area contributed by atoms with Crippen molar-refractivity contribution in [2.24, 2.45) is 5.41 Å². The normalized spacial score (nSPS) is 13.5. The van der Waals surface area contributed by atoms with E-state index in [9.17, 15) is 13.2 Å². The van der Waals surface area contributed by atoms with Gasteiger partial charge in [0.05, 0.1) is 11.8 Å². The standard InChI is InChI=1S/C16H26N2O3S/c1-13(14-8-6-5-7-9-14)18-15(19)17-12-16(2,3)10-11-22(4,20)21/h5-9,13H,10-12H2,1-4H3,(H2,17,18,19)/t13-/m1/s1. The molecule has 2 amide bonds. The van der Waals surface area contributed by atoms with Crippen LogP contribution in [-0.4, -0.2) is 33.0 Å². The second-order valence-corrected chi connectivity index (χ2v) is 8.76. The van der Waals surface area contributed by atoms with Crippen LogP contribution in [0.15, 0.2) is 30.3 Å². The Balaban J connectivity index is 2.42. The molecule has 0 aliphatic heterocycles. The lowest BCUT2D eigenvalue weighted by molar-refractivity contribution is 0.230. The Kier molecular flexibility index (Phi) is 6.41. The highest BCUT2D eigenvalue weighted by molar-refractivity contribution is 7.90. The van der Waals surface area contributed by atoms with Gasteiger partial charge in [-0.15, -0.1) is 0 Å². The fourth-order valence-corrected chi connectivity index (χ4v) is 2.87. The molecule has 5 nitrogen and oxygen atoms in total. The van der Waals surface area contributed by atoms with E-state index in [0.29, 0.717) is 13.0 Å². The van der Waals surface area contributed by atoms with Gasteiger partial charge in [0.1, 0.15) is 9.84 Å². The summed E-state index contributed by atoms with van der Waals surface area (Å²) in [5.74, 6) is 0.129. The van der Waals surface area contributed by atoms with Crippen LogP contribution in [0.1, 0.15) is 38.8 Å². The predicted octanol–water partition coefficient (Wildman–Crippen LogP) is 2.51. The van der Waals surface area contributed by atoms with Crippen LogP contribution in [0.25, 0.3) is 0 Å². The molecule has 0 unspecified atom stereocenters. The van der Waals surface area contributed by atoms with Crippen LogP contribution in [0.3, 0.4) is 0 Å². The van der Waals surface area contributed by atoms with Gasteiger partial charge in [0.25, 0.3) is 0 Å². The molecular weight excluding hydrogens is 300 g/mol. The fourth-order valence-electron chi connectivity index (χ4n) is 1.94. The minimum absolute atomic E-state index is 0.0830. The summed E-state index contributed by atoms with van der Waals surface area (Å²) in [6.45, 7) is 6.23. The minimum atomic E-state index is -2.98. The van der Waals surface area contributed by atoms with E-state index >= 15 is 0 Å². The maximum absolute atomic E-state index is 11.9. The molecule has 0 saturated carbocycles. The van der Waals surface area contributed by atoms with Gasteiger partial charge in [-0.05, 0) is 24.3 Å². The number of hydrogen-bond acceptors (Lipinski definition) is 3. The summed E-state index contributed by atoms with van der Waals surface area (Å²) in [7, 11) is -2.98. The van der Waals surface area contributed by atoms with Gasteiger partial charge >= 0.3 is 6.03 Å². The van der Waals surface area contributed by atoms with Gasteiger partial charge in [0, 0.05) is 12.8 Å². The molecule has 22 heavy (non-hydrogen) atoms.